The first-order chi connectivity index (χ1) is 10.6. The van der Waals surface area contributed by atoms with Crippen molar-refractivity contribution in [1.29, 1.82) is 0 Å². The monoisotopic (exact) mass is 320 g/mol. The number of H-pyrrole nitrogens is 1. The Morgan fingerprint density at radius 2 is 2.09 bits per heavy atom. The van der Waals surface area contributed by atoms with E-state index < -0.39 is 0 Å². The van der Waals surface area contributed by atoms with Crippen LogP contribution in [0, 0.1) is 4.77 Å². The largest absolute Gasteiger partial charge is 0.494 e. The van der Waals surface area contributed by atoms with Gasteiger partial charge in [-0.25, -0.2) is 0 Å². The van der Waals surface area contributed by atoms with Crippen LogP contribution in [0.2, 0.25) is 0 Å². The summed E-state index contributed by atoms with van der Waals surface area (Å²) in [5.41, 5.74) is 0.723. The van der Waals surface area contributed by atoms with Crippen LogP contribution in [0.1, 0.15) is 26.1 Å². The van der Waals surface area contributed by atoms with E-state index >= 15 is 0 Å². The normalized spacial score (nSPS) is 10.5. The maximum absolute atomic E-state index is 12.1. The Balaban J connectivity index is 2.01. The smallest absolute Gasteiger partial charge is 0.244 e. The van der Waals surface area contributed by atoms with Crippen LogP contribution < -0.4 is 10.1 Å². The van der Waals surface area contributed by atoms with Crippen molar-refractivity contribution >= 4 is 23.8 Å². The summed E-state index contributed by atoms with van der Waals surface area (Å²) in [6.45, 7) is 4.75. The zero-order chi connectivity index (χ0) is 15.9. The molecule has 1 amide bonds. The molecule has 0 aliphatic heterocycles. The predicted octanol–water partition coefficient (Wildman–Crippen LogP) is 2.93. The van der Waals surface area contributed by atoms with Crippen LogP contribution in [-0.2, 0) is 17.8 Å². The number of nitrogens with zero attached hydrogens (tertiary/aromatic N) is 2. The Labute approximate surface area is 134 Å². The van der Waals surface area contributed by atoms with Gasteiger partial charge in [-0.2, -0.15) is 5.10 Å². The van der Waals surface area contributed by atoms with Gasteiger partial charge in [0.25, 0.3) is 0 Å². The molecule has 7 heteroatoms. The van der Waals surface area contributed by atoms with Gasteiger partial charge in [0.1, 0.15) is 18.1 Å². The Morgan fingerprint density at radius 1 is 1.36 bits per heavy atom. The maximum atomic E-state index is 12.1. The van der Waals surface area contributed by atoms with Gasteiger partial charge in [-0.15, -0.1) is 0 Å². The minimum atomic E-state index is -0.140. The van der Waals surface area contributed by atoms with E-state index in [4.69, 9.17) is 17.0 Å². The van der Waals surface area contributed by atoms with Crippen LogP contribution in [0.25, 0.3) is 0 Å². The molecular formula is C15H20N4O2S. The van der Waals surface area contributed by atoms with Crippen LogP contribution >= 0.6 is 12.2 Å². The fourth-order valence-electron chi connectivity index (χ4n) is 2.07. The number of aromatic amines is 1. The average molecular weight is 320 g/mol. The molecule has 6 nitrogen and oxygen atoms in total. The molecule has 1 aromatic carbocycles. The molecule has 0 saturated carbocycles. The summed E-state index contributed by atoms with van der Waals surface area (Å²) in [6.07, 6.45) is 1.73. The number of ether oxygens (including phenoxy) is 1. The van der Waals surface area contributed by atoms with Gasteiger partial charge in [0.15, 0.2) is 4.77 Å². The summed E-state index contributed by atoms with van der Waals surface area (Å²) in [5.74, 6) is 1.44. The quantitative estimate of drug-likeness (QED) is 0.769. The third kappa shape index (κ3) is 4.17. The molecule has 0 aliphatic carbocycles. The van der Waals surface area contributed by atoms with Gasteiger partial charge in [-0.1, -0.05) is 6.92 Å². The van der Waals surface area contributed by atoms with E-state index in [1.165, 1.54) is 0 Å². The second kappa shape index (κ2) is 7.74. The number of carbonyl (C=O) groups is 1. The molecule has 1 aromatic heterocycles. The number of rotatable bonds is 7. The van der Waals surface area contributed by atoms with Crippen molar-refractivity contribution in [3.05, 3.63) is 34.9 Å². The summed E-state index contributed by atoms with van der Waals surface area (Å²) in [7, 11) is 0. The van der Waals surface area contributed by atoms with Gasteiger partial charge < -0.3 is 10.1 Å². The number of hydrogen-bond donors (Lipinski definition) is 2. The van der Waals surface area contributed by atoms with Gasteiger partial charge in [0, 0.05) is 12.1 Å². The molecule has 22 heavy (non-hydrogen) atoms. The van der Waals surface area contributed by atoms with Crippen LogP contribution in [0.3, 0.4) is 0 Å². The molecule has 2 rings (SSSR count). The summed E-state index contributed by atoms with van der Waals surface area (Å²) >= 11 is 5.16. The number of nitrogens with one attached hydrogen (secondary N) is 2. The van der Waals surface area contributed by atoms with Gasteiger partial charge in [0.05, 0.1) is 6.61 Å². The van der Waals surface area contributed by atoms with Crippen LogP contribution in [0.15, 0.2) is 24.3 Å². The van der Waals surface area contributed by atoms with E-state index in [9.17, 15) is 4.79 Å². The van der Waals surface area contributed by atoms with Crippen LogP contribution in [-0.4, -0.2) is 27.3 Å². The molecule has 2 aromatic rings. The van der Waals surface area contributed by atoms with E-state index in [0.29, 0.717) is 11.4 Å². The number of aromatic nitrogens is 3. The lowest BCUT2D eigenvalue weighted by Crippen LogP contribution is -2.20. The minimum absolute atomic E-state index is 0.140. The standard InChI is InChI=1S/C15H20N4O2S/c1-3-5-13-17-18-15(22)19(13)10-14(20)16-11-6-8-12(9-7-11)21-4-2/h6-9H,3-5,10H2,1-2H3,(H,16,20)(H,18,22). The zero-order valence-corrected chi connectivity index (χ0v) is 13.6. The molecule has 2 N–H and O–H groups in total. The van der Waals surface area contributed by atoms with E-state index in [0.717, 1.165) is 30.1 Å². The first-order valence-corrected chi connectivity index (χ1v) is 7.71. The third-order valence-corrected chi connectivity index (χ3v) is 3.37. The highest BCUT2D eigenvalue weighted by Gasteiger charge is 2.10. The second-order valence-electron chi connectivity index (χ2n) is 4.79. The van der Waals surface area contributed by atoms with Gasteiger partial charge >= 0.3 is 0 Å². The molecule has 0 radical (unpaired) electrons. The van der Waals surface area contributed by atoms with Crippen LogP contribution in [0.5, 0.6) is 5.75 Å². The minimum Gasteiger partial charge on any atom is -0.494 e. The average Bonchev–Trinajstić information content (AvgIpc) is 2.83. The van der Waals surface area contributed by atoms with Crippen molar-refractivity contribution in [3.63, 3.8) is 0 Å². The highest BCUT2D eigenvalue weighted by molar-refractivity contribution is 7.71. The van der Waals surface area contributed by atoms with Crippen molar-refractivity contribution in [1.82, 2.24) is 14.8 Å². The lowest BCUT2D eigenvalue weighted by atomic mass is 10.3. The Hall–Kier alpha value is -2.15. The van der Waals surface area contributed by atoms with E-state index in [-0.39, 0.29) is 12.5 Å². The summed E-state index contributed by atoms with van der Waals surface area (Å²) in [5, 5.41) is 9.72. The zero-order valence-electron chi connectivity index (χ0n) is 12.8. The highest BCUT2D eigenvalue weighted by atomic mass is 32.1. The number of amides is 1. The molecule has 0 spiro atoms. The molecule has 0 bridgehead atoms. The van der Waals surface area contributed by atoms with Crippen molar-refractivity contribution < 1.29 is 9.53 Å². The fraction of sp³-hybridized carbons (Fsp3) is 0.400. The number of benzene rings is 1. The topological polar surface area (TPSA) is 71.9 Å². The highest BCUT2D eigenvalue weighted by Crippen LogP contribution is 2.15. The molecular weight excluding hydrogens is 300 g/mol. The number of hydrogen-bond acceptors (Lipinski definition) is 4. The molecule has 0 atom stereocenters. The first kappa shape index (κ1) is 16.2. The number of carbonyl (C=O) groups excluding carboxylic acids is 1. The summed E-state index contributed by atoms with van der Waals surface area (Å²) < 4.78 is 7.55. The van der Waals surface area contributed by atoms with Crippen molar-refractivity contribution in [2.45, 2.75) is 33.2 Å². The van der Waals surface area contributed by atoms with E-state index in [1.807, 2.05) is 31.2 Å². The predicted molar refractivity (Wildman–Crippen MR) is 87.6 cm³/mol. The lowest BCUT2D eigenvalue weighted by Gasteiger charge is -2.09. The first-order valence-electron chi connectivity index (χ1n) is 7.30. The maximum Gasteiger partial charge on any atom is 0.244 e. The van der Waals surface area contributed by atoms with Crippen molar-refractivity contribution in [2.75, 3.05) is 11.9 Å². The number of anilines is 1. The van der Waals surface area contributed by atoms with E-state index in [1.54, 1.807) is 4.57 Å². The molecule has 0 aliphatic rings. The van der Waals surface area contributed by atoms with Gasteiger partial charge in [-0.05, 0) is 49.8 Å². The fourth-order valence-corrected chi connectivity index (χ4v) is 2.29. The van der Waals surface area contributed by atoms with Crippen molar-refractivity contribution in [3.8, 4) is 5.75 Å². The molecule has 0 unspecified atom stereocenters. The van der Waals surface area contributed by atoms with Crippen LogP contribution in [0.4, 0.5) is 5.69 Å². The molecule has 0 fully saturated rings. The second-order valence-corrected chi connectivity index (χ2v) is 5.17. The SMILES string of the molecule is CCCc1n[nH]c(=S)n1CC(=O)Nc1ccc(OCC)cc1. The summed E-state index contributed by atoms with van der Waals surface area (Å²) in [4.78, 5) is 12.1. The Kier molecular flexibility index (Phi) is 5.71. The summed E-state index contributed by atoms with van der Waals surface area (Å²) in [6, 6.07) is 7.27. The van der Waals surface area contributed by atoms with Crippen molar-refractivity contribution in [2.24, 2.45) is 0 Å². The Bertz CT molecular complexity index is 676. The number of aryl methyl sites for hydroxylation is 1. The molecule has 0 saturated heterocycles. The van der Waals surface area contributed by atoms with Gasteiger partial charge in [-0.3, -0.25) is 14.5 Å². The lowest BCUT2D eigenvalue weighted by molar-refractivity contribution is -0.116. The molecule has 1 heterocycles. The van der Waals surface area contributed by atoms with Gasteiger partial charge in [0.2, 0.25) is 5.91 Å². The molecule has 118 valence electrons. The van der Waals surface area contributed by atoms with E-state index in [2.05, 4.69) is 22.4 Å². The Morgan fingerprint density at radius 3 is 2.73 bits per heavy atom. The third-order valence-electron chi connectivity index (χ3n) is 3.06.